The van der Waals surface area contributed by atoms with Crippen LogP contribution in [0.25, 0.3) is 0 Å². The lowest BCUT2D eigenvalue weighted by Crippen LogP contribution is -2.57. The summed E-state index contributed by atoms with van der Waals surface area (Å²) >= 11 is 0. The Bertz CT molecular complexity index is 385. The van der Waals surface area contributed by atoms with Crippen molar-refractivity contribution in [1.29, 1.82) is 0 Å². The minimum Gasteiger partial charge on any atom is -0.435 e. The Morgan fingerprint density at radius 3 is 2.47 bits per heavy atom. The Morgan fingerprint density at radius 2 is 1.95 bits per heavy atom. The van der Waals surface area contributed by atoms with Crippen molar-refractivity contribution < 1.29 is 19.1 Å². The number of esters is 1. The highest BCUT2D eigenvalue weighted by molar-refractivity contribution is 5.85. The molecular formula is C14H21NO4. The lowest BCUT2D eigenvalue weighted by molar-refractivity contribution is -0.170. The van der Waals surface area contributed by atoms with Crippen molar-refractivity contribution in [2.45, 2.75) is 20.3 Å². The monoisotopic (exact) mass is 267 g/mol. The molecule has 2 aliphatic rings. The summed E-state index contributed by atoms with van der Waals surface area (Å²) in [6.07, 6.45) is 1.71. The Balaban J connectivity index is 1.98. The zero-order chi connectivity index (χ0) is 14.0. The maximum absolute atomic E-state index is 12.4. The molecule has 1 saturated heterocycles. The van der Waals surface area contributed by atoms with Gasteiger partial charge < -0.3 is 14.4 Å². The zero-order valence-corrected chi connectivity index (χ0v) is 11.6. The van der Waals surface area contributed by atoms with Gasteiger partial charge in [-0.05, 0) is 11.8 Å². The Labute approximate surface area is 113 Å². The van der Waals surface area contributed by atoms with Crippen molar-refractivity contribution in [2.24, 2.45) is 17.3 Å². The van der Waals surface area contributed by atoms with Gasteiger partial charge in [0, 0.05) is 19.0 Å². The molecule has 2 atom stereocenters. The van der Waals surface area contributed by atoms with E-state index >= 15 is 0 Å². The second-order valence-corrected chi connectivity index (χ2v) is 5.70. The van der Waals surface area contributed by atoms with Gasteiger partial charge in [0.15, 0.2) is 0 Å². The summed E-state index contributed by atoms with van der Waals surface area (Å²) in [5.41, 5.74) is -0.352. The molecule has 0 aromatic heterocycles. The number of ether oxygens (including phenoxy) is 2. The third kappa shape index (κ3) is 2.52. The first-order valence-corrected chi connectivity index (χ1v) is 6.66. The van der Waals surface area contributed by atoms with Crippen LogP contribution in [0.2, 0.25) is 0 Å². The van der Waals surface area contributed by atoms with Gasteiger partial charge in [-0.3, -0.25) is 9.59 Å². The number of hydrogen-bond acceptors (Lipinski definition) is 4. The smallest absolute Gasteiger partial charge is 0.314 e. The van der Waals surface area contributed by atoms with Crippen LogP contribution in [0.4, 0.5) is 0 Å². The molecule has 0 unspecified atom stereocenters. The SMILES string of the molecule is C=COC(=O)[C@@H]1C[C@@H](C(=O)N2CCOCC2)C1(C)C. The van der Waals surface area contributed by atoms with Crippen molar-refractivity contribution >= 4 is 11.9 Å². The van der Waals surface area contributed by atoms with E-state index in [2.05, 4.69) is 6.58 Å². The van der Waals surface area contributed by atoms with Gasteiger partial charge in [0.2, 0.25) is 5.91 Å². The minimum absolute atomic E-state index is 0.104. The third-order valence-corrected chi connectivity index (χ3v) is 4.37. The Kier molecular flexibility index (Phi) is 3.94. The van der Waals surface area contributed by atoms with E-state index in [1.807, 2.05) is 18.7 Å². The summed E-state index contributed by atoms with van der Waals surface area (Å²) < 4.78 is 10.1. The van der Waals surface area contributed by atoms with E-state index in [9.17, 15) is 9.59 Å². The van der Waals surface area contributed by atoms with E-state index in [0.717, 1.165) is 6.26 Å². The van der Waals surface area contributed by atoms with Crippen LogP contribution in [0.15, 0.2) is 12.8 Å². The maximum Gasteiger partial charge on any atom is 0.314 e. The average molecular weight is 267 g/mol. The van der Waals surface area contributed by atoms with Crippen LogP contribution < -0.4 is 0 Å². The van der Waals surface area contributed by atoms with Gasteiger partial charge >= 0.3 is 5.97 Å². The summed E-state index contributed by atoms with van der Waals surface area (Å²) in [6, 6.07) is 0. The highest BCUT2D eigenvalue weighted by Gasteiger charge is 2.56. The molecule has 19 heavy (non-hydrogen) atoms. The van der Waals surface area contributed by atoms with Gasteiger partial charge in [-0.15, -0.1) is 0 Å². The molecule has 0 N–H and O–H groups in total. The molecule has 2 fully saturated rings. The molecule has 0 radical (unpaired) electrons. The van der Waals surface area contributed by atoms with Crippen molar-refractivity contribution in [3.63, 3.8) is 0 Å². The fraction of sp³-hybridized carbons (Fsp3) is 0.714. The number of nitrogens with zero attached hydrogens (tertiary/aromatic N) is 1. The van der Waals surface area contributed by atoms with Crippen LogP contribution in [0.5, 0.6) is 0 Å². The molecule has 1 amide bonds. The largest absolute Gasteiger partial charge is 0.435 e. The first-order chi connectivity index (χ1) is 8.98. The van der Waals surface area contributed by atoms with E-state index in [1.54, 1.807) is 0 Å². The van der Waals surface area contributed by atoms with E-state index in [-0.39, 0.29) is 29.1 Å². The lowest BCUT2D eigenvalue weighted by atomic mass is 9.54. The van der Waals surface area contributed by atoms with Gasteiger partial charge in [0.25, 0.3) is 0 Å². The average Bonchev–Trinajstić information content (AvgIpc) is 2.38. The molecule has 5 nitrogen and oxygen atoms in total. The standard InChI is InChI=1S/C14H21NO4/c1-4-19-13(17)11-9-10(14(11,2)3)12(16)15-5-7-18-8-6-15/h4,10-11H,1,5-9H2,2-3H3/t10-,11-/m0/s1. The second-order valence-electron chi connectivity index (χ2n) is 5.70. The molecular weight excluding hydrogens is 246 g/mol. The topological polar surface area (TPSA) is 55.8 Å². The van der Waals surface area contributed by atoms with Crippen LogP contribution in [-0.4, -0.2) is 43.1 Å². The highest BCUT2D eigenvalue weighted by atomic mass is 16.5. The van der Waals surface area contributed by atoms with Crippen molar-refractivity contribution in [3.8, 4) is 0 Å². The first kappa shape index (κ1) is 14.1. The normalized spacial score (nSPS) is 29.3. The second kappa shape index (κ2) is 5.33. The number of morpholine rings is 1. The third-order valence-electron chi connectivity index (χ3n) is 4.37. The molecule has 0 spiro atoms. The number of carbonyl (C=O) groups excluding carboxylic acids is 2. The number of carbonyl (C=O) groups is 2. The van der Waals surface area contributed by atoms with Gasteiger partial charge in [-0.2, -0.15) is 0 Å². The number of rotatable bonds is 3. The molecule has 1 saturated carbocycles. The molecule has 1 heterocycles. The van der Waals surface area contributed by atoms with E-state index in [1.165, 1.54) is 0 Å². The molecule has 0 aromatic carbocycles. The van der Waals surface area contributed by atoms with E-state index in [0.29, 0.717) is 32.7 Å². The minimum atomic E-state index is -0.352. The van der Waals surface area contributed by atoms with Crippen LogP contribution in [0.1, 0.15) is 20.3 Å². The number of hydrogen-bond donors (Lipinski definition) is 0. The summed E-state index contributed by atoms with van der Waals surface area (Å²) in [5.74, 6) is -0.476. The maximum atomic E-state index is 12.4. The fourth-order valence-corrected chi connectivity index (χ4v) is 2.91. The van der Waals surface area contributed by atoms with Gasteiger partial charge in [0.1, 0.15) is 0 Å². The van der Waals surface area contributed by atoms with Crippen LogP contribution in [0, 0.1) is 17.3 Å². The summed E-state index contributed by atoms with van der Waals surface area (Å²) in [6.45, 7) is 9.78. The van der Waals surface area contributed by atoms with E-state index in [4.69, 9.17) is 9.47 Å². The molecule has 0 aromatic rings. The number of amides is 1. The predicted molar refractivity (Wildman–Crippen MR) is 69.1 cm³/mol. The quantitative estimate of drug-likeness (QED) is 0.569. The van der Waals surface area contributed by atoms with Crippen molar-refractivity contribution in [2.75, 3.05) is 26.3 Å². The van der Waals surface area contributed by atoms with Gasteiger partial charge in [-0.25, -0.2) is 0 Å². The first-order valence-electron chi connectivity index (χ1n) is 6.66. The summed E-state index contributed by atoms with van der Waals surface area (Å²) in [4.78, 5) is 26.0. The molecule has 1 aliphatic carbocycles. The predicted octanol–water partition coefficient (Wildman–Crippen LogP) is 1.19. The van der Waals surface area contributed by atoms with Crippen molar-refractivity contribution in [1.82, 2.24) is 4.90 Å². The fourth-order valence-electron chi connectivity index (χ4n) is 2.91. The van der Waals surface area contributed by atoms with Crippen LogP contribution >= 0.6 is 0 Å². The van der Waals surface area contributed by atoms with Gasteiger partial charge in [0.05, 0.1) is 25.4 Å². The Morgan fingerprint density at radius 1 is 1.32 bits per heavy atom. The highest BCUT2D eigenvalue weighted by Crippen LogP contribution is 2.52. The zero-order valence-electron chi connectivity index (χ0n) is 11.6. The van der Waals surface area contributed by atoms with E-state index < -0.39 is 0 Å². The molecule has 1 aliphatic heterocycles. The van der Waals surface area contributed by atoms with Crippen LogP contribution in [-0.2, 0) is 19.1 Å². The molecule has 5 heteroatoms. The molecule has 0 bridgehead atoms. The molecule has 2 rings (SSSR count). The summed E-state index contributed by atoms with van der Waals surface area (Å²) in [5, 5.41) is 0. The lowest BCUT2D eigenvalue weighted by Gasteiger charge is -2.50. The summed E-state index contributed by atoms with van der Waals surface area (Å²) in [7, 11) is 0. The van der Waals surface area contributed by atoms with Gasteiger partial charge in [-0.1, -0.05) is 20.4 Å². The molecule has 106 valence electrons. The Hall–Kier alpha value is -1.36. The van der Waals surface area contributed by atoms with Crippen molar-refractivity contribution in [3.05, 3.63) is 12.8 Å². The van der Waals surface area contributed by atoms with Crippen LogP contribution in [0.3, 0.4) is 0 Å².